The number of H-pyrrole nitrogens is 2. The predicted octanol–water partition coefficient (Wildman–Crippen LogP) is 1.39. The van der Waals surface area contributed by atoms with E-state index in [0.717, 1.165) is 17.2 Å². The van der Waals surface area contributed by atoms with E-state index in [1.165, 1.54) is 0 Å². The lowest BCUT2D eigenvalue weighted by molar-refractivity contribution is 0.0238. The zero-order valence-electron chi connectivity index (χ0n) is 12.0. The summed E-state index contributed by atoms with van der Waals surface area (Å²) >= 11 is 0. The number of carbonyl (C=O) groups is 1. The molecule has 2 N–H and O–H groups in total. The Morgan fingerprint density at radius 2 is 2.05 bits per heavy atom. The van der Waals surface area contributed by atoms with E-state index in [0.29, 0.717) is 18.9 Å². The van der Waals surface area contributed by atoms with Crippen LogP contribution < -0.4 is 0 Å². The molecule has 0 aromatic carbocycles. The third-order valence-electron chi connectivity index (χ3n) is 3.18. The Balaban J connectivity index is 1.77. The van der Waals surface area contributed by atoms with E-state index in [9.17, 15) is 4.79 Å². The molecule has 0 saturated heterocycles. The summed E-state index contributed by atoms with van der Waals surface area (Å²) in [5, 5.41) is 9.45. The van der Waals surface area contributed by atoms with Gasteiger partial charge in [-0.1, -0.05) is 0 Å². The van der Waals surface area contributed by atoms with Gasteiger partial charge in [0, 0.05) is 7.05 Å². The van der Waals surface area contributed by atoms with E-state index in [2.05, 4.69) is 20.4 Å². The van der Waals surface area contributed by atoms with Crippen LogP contribution in [0.15, 0.2) is 0 Å². The summed E-state index contributed by atoms with van der Waals surface area (Å²) in [5.74, 6) is 1.49. The summed E-state index contributed by atoms with van der Waals surface area (Å²) in [4.78, 5) is 18.2. The second-order valence-corrected chi connectivity index (χ2v) is 5.92. The third-order valence-corrected chi connectivity index (χ3v) is 3.18. The molecule has 20 heavy (non-hydrogen) atoms. The number of hydrogen-bond donors (Lipinski definition) is 2. The Morgan fingerprint density at radius 1 is 1.35 bits per heavy atom. The van der Waals surface area contributed by atoms with Crippen LogP contribution in [-0.4, -0.2) is 41.6 Å². The SMILES string of the molecule is Cn1c(-c2n[nH][nH]2)nc2c1CN(C(=O)OC(C)(C)C)C2. The fourth-order valence-corrected chi connectivity index (χ4v) is 2.22. The summed E-state index contributed by atoms with van der Waals surface area (Å²) < 4.78 is 7.33. The molecule has 0 aliphatic carbocycles. The van der Waals surface area contributed by atoms with Crippen molar-refractivity contribution in [3.8, 4) is 11.6 Å². The summed E-state index contributed by atoms with van der Waals surface area (Å²) in [6, 6.07) is 0. The van der Waals surface area contributed by atoms with Gasteiger partial charge in [-0.15, -0.1) is 5.10 Å². The number of hydrogen-bond acceptors (Lipinski definition) is 4. The van der Waals surface area contributed by atoms with Crippen LogP contribution >= 0.6 is 0 Å². The summed E-state index contributed by atoms with van der Waals surface area (Å²) in [5.41, 5.74) is 1.42. The van der Waals surface area contributed by atoms with Gasteiger partial charge in [-0.2, -0.15) is 0 Å². The van der Waals surface area contributed by atoms with Crippen LogP contribution in [0.25, 0.3) is 11.6 Å². The number of nitrogens with one attached hydrogen (secondary N) is 2. The highest BCUT2D eigenvalue weighted by Gasteiger charge is 2.32. The highest BCUT2D eigenvalue weighted by Crippen LogP contribution is 2.27. The first-order valence-corrected chi connectivity index (χ1v) is 6.46. The van der Waals surface area contributed by atoms with E-state index in [-0.39, 0.29) is 6.09 Å². The molecular weight excluding hydrogens is 260 g/mol. The van der Waals surface area contributed by atoms with Crippen molar-refractivity contribution in [3.63, 3.8) is 0 Å². The molecule has 0 radical (unpaired) electrons. The van der Waals surface area contributed by atoms with Gasteiger partial charge in [-0.05, 0) is 20.8 Å². The largest absolute Gasteiger partial charge is 0.444 e. The number of aromatic nitrogens is 5. The fraction of sp³-hybridized carbons (Fsp3) is 0.583. The summed E-state index contributed by atoms with van der Waals surface area (Å²) in [6.45, 7) is 6.56. The average Bonchev–Trinajstić information content (AvgIpc) is 2.76. The fourth-order valence-electron chi connectivity index (χ4n) is 2.22. The number of ether oxygens (including phenoxy) is 1. The summed E-state index contributed by atoms with van der Waals surface area (Å²) in [7, 11) is 1.92. The predicted molar refractivity (Wildman–Crippen MR) is 70.6 cm³/mol. The van der Waals surface area contributed by atoms with Crippen molar-refractivity contribution in [2.24, 2.45) is 7.05 Å². The number of fused-ring (bicyclic) bond motifs is 1. The lowest BCUT2D eigenvalue weighted by Gasteiger charge is -2.24. The van der Waals surface area contributed by atoms with E-state index >= 15 is 0 Å². The topological polar surface area (TPSA) is 91.8 Å². The van der Waals surface area contributed by atoms with Gasteiger partial charge >= 0.3 is 6.09 Å². The number of rotatable bonds is 1. The molecule has 0 bridgehead atoms. The van der Waals surface area contributed by atoms with Gasteiger partial charge in [0.2, 0.25) is 5.82 Å². The van der Waals surface area contributed by atoms with Crippen molar-refractivity contribution in [1.29, 1.82) is 0 Å². The maximum Gasteiger partial charge on any atom is 0.410 e. The first kappa shape index (κ1) is 12.8. The number of aromatic amines is 2. The molecule has 0 saturated carbocycles. The molecule has 0 unspecified atom stereocenters. The minimum absolute atomic E-state index is 0.308. The monoisotopic (exact) mass is 278 g/mol. The minimum Gasteiger partial charge on any atom is -0.444 e. The molecule has 1 aliphatic heterocycles. The van der Waals surface area contributed by atoms with E-state index in [4.69, 9.17) is 4.74 Å². The highest BCUT2D eigenvalue weighted by molar-refractivity contribution is 5.69. The highest BCUT2D eigenvalue weighted by atomic mass is 16.6. The molecule has 3 heterocycles. The lowest BCUT2D eigenvalue weighted by Crippen LogP contribution is -2.33. The van der Waals surface area contributed by atoms with Crippen LogP contribution in [0.5, 0.6) is 0 Å². The van der Waals surface area contributed by atoms with Crippen LogP contribution in [0, 0.1) is 0 Å². The van der Waals surface area contributed by atoms with Gasteiger partial charge in [-0.25, -0.2) is 15.0 Å². The molecular formula is C12H18N6O2. The minimum atomic E-state index is -0.485. The van der Waals surface area contributed by atoms with Gasteiger partial charge in [0.15, 0.2) is 5.82 Å². The van der Waals surface area contributed by atoms with Crippen LogP contribution in [0.1, 0.15) is 32.2 Å². The van der Waals surface area contributed by atoms with Crippen molar-refractivity contribution in [3.05, 3.63) is 11.4 Å². The number of nitrogens with zero attached hydrogens (tertiary/aromatic N) is 4. The smallest absolute Gasteiger partial charge is 0.410 e. The van der Waals surface area contributed by atoms with Crippen molar-refractivity contribution in [2.45, 2.75) is 39.5 Å². The average molecular weight is 278 g/mol. The normalized spacial score (nSPS) is 14.7. The van der Waals surface area contributed by atoms with E-state index < -0.39 is 5.60 Å². The Hall–Kier alpha value is -2.25. The van der Waals surface area contributed by atoms with Crippen LogP contribution in [0.2, 0.25) is 0 Å². The van der Waals surface area contributed by atoms with E-state index in [1.807, 2.05) is 32.4 Å². The first-order chi connectivity index (χ1) is 9.35. The quantitative estimate of drug-likeness (QED) is 0.824. The lowest BCUT2D eigenvalue weighted by atomic mass is 10.2. The number of carbonyl (C=O) groups excluding carboxylic acids is 1. The van der Waals surface area contributed by atoms with Gasteiger partial charge in [-0.3, -0.25) is 10.00 Å². The molecule has 8 nitrogen and oxygen atoms in total. The van der Waals surface area contributed by atoms with Crippen LogP contribution in [0.4, 0.5) is 4.79 Å². The number of imidazole rings is 1. The zero-order valence-corrected chi connectivity index (χ0v) is 12.0. The second kappa shape index (κ2) is 4.12. The maximum absolute atomic E-state index is 12.0. The summed E-state index contributed by atoms with van der Waals surface area (Å²) in [6.07, 6.45) is -0.308. The van der Waals surface area contributed by atoms with Gasteiger partial charge in [0.25, 0.3) is 0 Å². The molecule has 0 fully saturated rings. The Morgan fingerprint density at radius 3 is 2.55 bits per heavy atom. The van der Waals surface area contributed by atoms with Crippen LogP contribution in [-0.2, 0) is 24.9 Å². The molecule has 1 aliphatic rings. The molecule has 0 spiro atoms. The molecule has 3 rings (SSSR count). The van der Waals surface area contributed by atoms with Crippen molar-refractivity contribution in [1.82, 2.24) is 29.9 Å². The van der Waals surface area contributed by atoms with Crippen molar-refractivity contribution < 1.29 is 9.53 Å². The van der Waals surface area contributed by atoms with Crippen LogP contribution in [0.3, 0.4) is 0 Å². The Bertz CT molecular complexity index is 635. The maximum atomic E-state index is 12.0. The molecule has 108 valence electrons. The standard InChI is InChI=1S/C12H18N6O2/c1-12(2,3)20-11(19)18-5-7-8(6-18)17(4)10(13-7)9-14-16-15-9/h16H,5-6H2,1-4H3,(H,14,15). The molecule has 8 heteroatoms. The third kappa shape index (κ3) is 2.06. The Kier molecular flexibility index (Phi) is 2.63. The zero-order chi connectivity index (χ0) is 14.5. The Labute approximate surface area is 116 Å². The van der Waals surface area contributed by atoms with E-state index in [1.54, 1.807) is 4.90 Å². The van der Waals surface area contributed by atoms with Crippen molar-refractivity contribution >= 4 is 6.09 Å². The number of amides is 1. The first-order valence-electron chi connectivity index (χ1n) is 6.46. The van der Waals surface area contributed by atoms with Gasteiger partial charge in [0.1, 0.15) is 5.60 Å². The molecule has 2 aromatic heterocycles. The van der Waals surface area contributed by atoms with Gasteiger partial charge < -0.3 is 9.30 Å². The molecule has 1 amide bonds. The second-order valence-electron chi connectivity index (χ2n) is 5.92. The van der Waals surface area contributed by atoms with Crippen molar-refractivity contribution in [2.75, 3.05) is 0 Å². The molecule has 2 aromatic rings. The van der Waals surface area contributed by atoms with Gasteiger partial charge in [0.05, 0.1) is 24.5 Å². The molecule has 0 atom stereocenters.